The van der Waals surface area contributed by atoms with Gasteiger partial charge in [-0.05, 0) is 28.3 Å². The maximum atomic E-state index is 12.2. The molecule has 3 N–H and O–H groups in total. The number of halogens is 1. The van der Waals surface area contributed by atoms with Gasteiger partial charge >= 0.3 is 0 Å². The number of rotatable bonds is 7. The van der Waals surface area contributed by atoms with E-state index in [-0.39, 0.29) is 42.6 Å². The van der Waals surface area contributed by atoms with Crippen LogP contribution in [0.15, 0.2) is 42.5 Å². The van der Waals surface area contributed by atoms with Crippen LogP contribution >= 0.6 is 12.4 Å². The molecule has 142 valence electrons. The van der Waals surface area contributed by atoms with Crippen LogP contribution in [0.4, 0.5) is 0 Å². The Labute approximate surface area is 161 Å². The number of carbonyl (C=O) groups excluding carboxylic acids is 2. The number of nitrogens with one attached hydrogen (secondary N) is 1. The molecule has 2 rings (SSSR count). The van der Waals surface area contributed by atoms with Gasteiger partial charge in [-0.2, -0.15) is 0 Å². The molecule has 0 saturated heterocycles. The van der Waals surface area contributed by atoms with Crippen molar-refractivity contribution in [2.45, 2.75) is 20.3 Å². The lowest BCUT2D eigenvalue weighted by atomic mass is 9.93. The van der Waals surface area contributed by atoms with Crippen LogP contribution in [0.25, 0.3) is 10.8 Å². The molecular weight excluding hydrogens is 350 g/mol. The highest BCUT2D eigenvalue weighted by Gasteiger charge is 2.21. The Morgan fingerprint density at radius 2 is 1.77 bits per heavy atom. The van der Waals surface area contributed by atoms with Crippen molar-refractivity contribution in [3.63, 3.8) is 0 Å². The molecule has 0 fully saturated rings. The van der Waals surface area contributed by atoms with Gasteiger partial charge in [-0.15, -0.1) is 12.4 Å². The maximum absolute atomic E-state index is 12.2. The van der Waals surface area contributed by atoms with Gasteiger partial charge in [-0.3, -0.25) is 9.59 Å². The van der Waals surface area contributed by atoms with Gasteiger partial charge in [0.2, 0.25) is 11.8 Å². The van der Waals surface area contributed by atoms with Crippen LogP contribution in [0.2, 0.25) is 0 Å². The highest BCUT2D eigenvalue weighted by Crippen LogP contribution is 2.18. The smallest absolute Gasteiger partial charge is 0.241 e. The van der Waals surface area contributed by atoms with Gasteiger partial charge < -0.3 is 16.0 Å². The molecule has 6 heteroatoms. The van der Waals surface area contributed by atoms with E-state index in [9.17, 15) is 9.59 Å². The number of amides is 2. The molecule has 0 radical (unpaired) electrons. The van der Waals surface area contributed by atoms with Crippen LogP contribution in [0, 0.1) is 5.41 Å². The quantitative estimate of drug-likeness (QED) is 0.777. The number of benzene rings is 2. The van der Waals surface area contributed by atoms with E-state index in [1.807, 2.05) is 56.3 Å². The Balaban J connectivity index is 0.00000338. The topological polar surface area (TPSA) is 75.4 Å². The third kappa shape index (κ3) is 6.00. The highest BCUT2D eigenvalue weighted by molar-refractivity contribution is 5.91. The first-order valence-electron chi connectivity index (χ1n) is 8.50. The minimum Gasteiger partial charge on any atom is -0.347 e. The molecule has 0 unspecified atom stereocenters. The molecule has 0 heterocycles. The first-order valence-corrected chi connectivity index (χ1v) is 8.50. The lowest BCUT2D eigenvalue weighted by Crippen LogP contribution is -2.44. The van der Waals surface area contributed by atoms with Crippen molar-refractivity contribution in [1.29, 1.82) is 0 Å². The number of nitrogens with zero attached hydrogens (tertiary/aromatic N) is 1. The van der Waals surface area contributed by atoms with Crippen molar-refractivity contribution in [2.75, 3.05) is 26.7 Å². The van der Waals surface area contributed by atoms with Crippen molar-refractivity contribution >= 4 is 35.0 Å². The summed E-state index contributed by atoms with van der Waals surface area (Å²) in [7, 11) is 1.73. The second kappa shape index (κ2) is 9.55. The zero-order chi connectivity index (χ0) is 18.4. The number of carbonyl (C=O) groups is 2. The Bertz CT molecular complexity index is 756. The van der Waals surface area contributed by atoms with E-state index in [1.165, 1.54) is 0 Å². The molecule has 5 nitrogen and oxygen atoms in total. The van der Waals surface area contributed by atoms with Crippen LogP contribution in [-0.4, -0.2) is 43.4 Å². The summed E-state index contributed by atoms with van der Waals surface area (Å²) >= 11 is 0. The van der Waals surface area contributed by atoms with Crippen molar-refractivity contribution in [1.82, 2.24) is 10.2 Å². The Morgan fingerprint density at radius 1 is 1.12 bits per heavy atom. The monoisotopic (exact) mass is 377 g/mol. The summed E-state index contributed by atoms with van der Waals surface area (Å²) in [6.07, 6.45) is 0.257. The van der Waals surface area contributed by atoms with Gasteiger partial charge in [0.1, 0.15) is 0 Å². The molecule has 26 heavy (non-hydrogen) atoms. The van der Waals surface area contributed by atoms with Gasteiger partial charge in [0.05, 0.1) is 13.0 Å². The maximum Gasteiger partial charge on any atom is 0.241 e. The van der Waals surface area contributed by atoms with E-state index in [0.717, 1.165) is 16.3 Å². The number of nitrogens with two attached hydrogens (primary N) is 1. The number of fused-ring (bicyclic) bond motifs is 1. The lowest BCUT2D eigenvalue weighted by molar-refractivity contribution is -0.132. The molecule has 2 aromatic rings. The van der Waals surface area contributed by atoms with Crippen LogP contribution in [-0.2, 0) is 16.0 Å². The van der Waals surface area contributed by atoms with Gasteiger partial charge in [-0.1, -0.05) is 56.3 Å². The van der Waals surface area contributed by atoms with Crippen LogP contribution in [0.5, 0.6) is 0 Å². The second-order valence-electron chi connectivity index (χ2n) is 7.21. The summed E-state index contributed by atoms with van der Waals surface area (Å²) in [6, 6.07) is 13.9. The third-order valence-electron chi connectivity index (χ3n) is 4.31. The molecule has 0 saturated carbocycles. The summed E-state index contributed by atoms with van der Waals surface area (Å²) < 4.78 is 0. The van der Waals surface area contributed by atoms with E-state index in [4.69, 9.17) is 5.73 Å². The standard InChI is InChI=1S/C20H27N3O2.ClH/c1-20(2,13-21)14-23(3)19(25)12-22-18(24)11-16-9-6-8-15-7-4-5-10-17(15)16;/h4-10H,11-14,21H2,1-3H3,(H,22,24);1H. The minimum absolute atomic E-state index is 0. The largest absolute Gasteiger partial charge is 0.347 e. The fourth-order valence-electron chi connectivity index (χ4n) is 2.79. The fourth-order valence-corrected chi connectivity index (χ4v) is 2.79. The number of likely N-dealkylation sites (N-methyl/N-ethyl adjacent to an activating group) is 1. The molecule has 0 bridgehead atoms. The van der Waals surface area contributed by atoms with Crippen LogP contribution < -0.4 is 11.1 Å². The average molecular weight is 378 g/mol. The van der Waals surface area contributed by atoms with E-state index in [0.29, 0.717) is 13.1 Å². The minimum atomic E-state index is -0.156. The normalized spacial score (nSPS) is 10.9. The Hall–Kier alpha value is -2.11. The summed E-state index contributed by atoms with van der Waals surface area (Å²) in [4.78, 5) is 26.0. The SMILES string of the molecule is CN(CC(C)(C)CN)C(=O)CNC(=O)Cc1cccc2ccccc12.Cl. The summed E-state index contributed by atoms with van der Waals surface area (Å²) in [5.41, 5.74) is 6.52. The number of hydrogen-bond donors (Lipinski definition) is 2. The van der Waals surface area contributed by atoms with Gasteiger partial charge in [-0.25, -0.2) is 0 Å². The predicted molar refractivity (Wildman–Crippen MR) is 108 cm³/mol. The highest BCUT2D eigenvalue weighted by atomic mass is 35.5. The Kier molecular flexibility index (Phi) is 8.06. The molecule has 0 aromatic heterocycles. The van der Waals surface area contributed by atoms with E-state index in [2.05, 4.69) is 5.32 Å². The summed E-state index contributed by atoms with van der Waals surface area (Å²) in [5, 5.41) is 4.89. The first-order chi connectivity index (χ1) is 11.8. The zero-order valence-electron chi connectivity index (χ0n) is 15.6. The van der Waals surface area contributed by atoms with Crippen molar-refractivity contribution in [3.8, 4) is 0 Å². The zero-order valence-corrected chi connectivity index (χ0v) is 16.4. The van der Waals surface area contributed by atoms with E-state index < -0.39 is 0 Å². The van der Waals surface area contributed by atoms with Crippen LogP contribution in [0.1, 0.15) is 19.4 Å². The molecular formula is C20H28ClN3O2. The van der Waals surface area contributed by atoms with Crippen LogP contribution in [0.3, 0.4) is 0 Å². The fraction of sp³-hybridized carbons (Fsp3) is 0.400. The first kappa shape index (κ1) is 21.9. The summed E-state index contributed by atoms with van der Waals surface area (Å²) in [6.45, 7) is 5.08. The molecule has 0 spiro atoms. The molecule has 2 aromatic carbocycles. The number of hydrogen-bond acceptors (Lipinski definition) is 3. The third-order valence-corrected chi connectivity index (χ3v) is 4.31. The Morgan fingerprint density at radius 3 is 2.46 bits per heavy atom. The molecule has 0 aliphatic heterocycles. The van der Waals surface area contributed by atoms with Gasteiger partial charge in [0.15, 0.2) is 0 Å². The van der Waals surface area contributed by atoms with Crippen molar-refractivity contribution in [2.24, 2.45) is 11.1 Å². The molecule has 0 aliphatic carbocycles. The summed E-state index contributed by atoms with van der Waals surface area (Å²) in [5.74, 6) is -0.274. The van der Waals surface area contributed by atoms with E-state index >= 15 is 0 Å². The van der Waals surface area contributed by atoms with Crippen molar-refractivity contribution < 1.29 is 9.59 Å². The second-order valence-corrected chi connectivity index (χ2v) is 7.21. The predicted octanol–water partition coefficient (Wildman–Crippen LogP) is 2.36. The van der Waals surface area contributed by atoms with Gasteiger partial charge in [0, 0.05) is 13.6 Å². The molecule has 0 atom stereocenters. The molecule has 0 aliphatic rings. The van der Waals surface area contributed by atoms with E-state index in [1.54, 1.807) is 11.9 Å². The lowest BCUT2D eigenvalue weighted by Gasteiger charge is -2.29. The molecule has 2 amide bonds. The van der Waals surface area contributed by atoms with Gasteiger partial charge in [0.25, 0.3) is 0 Å². The van der Waals surface area contributed by atoms with Crippen molar-refractivity contribution in [3.05, 3.63) is 48.0 Å². The average Bonchev–Trinajstić information content (AvgIpc) is 2.59.